The predicted octanol–water partition coefficient (Wildman–Crippen LogP) is 6.29. The molecule has 1 aliphatic rings. The fourth-order valence-corrected chi connectivity index (χ4v) is 5.38. The van der Waals surface area contributed by atoms with Crippen molar-refractivity contribution in [3.8, 4) is 16.8 Å². The van der Waals surface area contributed by atoms with Crippen molar-refractivity contribution in [1.29, 1.82) is 0 Å². The van der Waals surface area contributed by atoms with Crippen LogP contribution in [-0.2, 0) is 11.3 Å². The third-order valence-electron chi connectivity index (χ3n) is 7.17. The van der Waals surface area contributed by atoms with Gasteiger partial charge >= 0.3 is 6.09 Å². The molecule has 2 N–H and O–H groups in total. The van der Waals surface area contributed by atoms with Gasteiger partial charge in [0.15, 0.2) is 0 Å². The van der Waals surface area contributed by atoms with Gasteiger partial charge < -0.3 is 19.9 Å². The predicted molar refractivity (Wildman–Crippen MR) is 168 cm³/mol. The van der Waals surface area contributed by atoms with Gasteiger partial charge in [0.25, 0.3) is 5.91 Å². The monoisotopic (exact) mass is 580 g/mol. The number of ether oxygens (including phenoxy) is 1. The van der Waals surface area contributed by atoms with Gasteiger partial charge in [-0.1, -0.05) is 30.3 Å². The van der Waals surface area contributed by atoms with E-state index < -0.39 is 5.60 Å². The van der Waals surface area contributed by atoms with Crippen LogP contribution < -0.4 is 10.6 Å². The number of rotatable bonds is 7. The summed E-state index contributed by atoms with van der Waals surface area (Å²) in [5.41, 5.74) is 6.09. The van der Waals surface area contributed by atoms with Gasteiger partial charge in [-0.05, 0) is 101 Å². The van der Waals surface area contributed by atoms with Crippen LogP contribution in [0.1, 0.15) is 61.1 Å². The number of piperidine rings is 1. The van der Waals surface area contributed by atoms with Crippen LogP contribution >= 0.6 is 0 Å². The topological polar surface area (TPSA) is 101 Å². The molecule has 2 aromatic carbocycles. The molecule has 1 atom stereocenters. The van der Waals surface area contributed by atoms with Gasteiger partial charge in [-0.2, -0.15) is 0 Å². The summed E-state index contributed by atoms with van der Waals surface area (Å²) in [7, 11) is 0. The highest BCUT2D eigenvalue weighted by atomic mass is 16.6. The molecule has 1 aliphatic heterocycles. The summed E-state index contributed by atoms with van der Waals surface area (Å²) < 4.78 is 7.42. The maximum Gasteiger partial charge on any atom is 0.407 e. The summed E-state index contributed by atoms with van der Waals surface area (Å²) in [5, 5.41) is 6.12. The summed E-state index contributed by atoms with van der Waals surface area (Å²) in [4.78, 5) is 37.1. The minimum absolute atomic E-state index is 0.00783. The first-order chi connectivity index (χ1) is 20.5. The van der Waals surface area contributed by atoms with E-state index in [0.717, 1.165) is 53.2 Å². The largest absolute Gasteiger partial charge is 0.444 e. The number of aryl methyl sites for hydroxylation is 2. The average molecular weight is 581 g/mol. The van der Waals surface area contributed by atoms with E-state index in [1.54, 1.807) is 6.33 Å². The lowest BCUT2D eigenvalue weighted by Crippen LogP contribution is -2.48. The van der Waals surface area contributed by atoms with Crippen LogP contribution in [-0.4, -0.2) is 56.2 Å². The number of nitrogens with zero attached hydrogens (tertiary/aromatic N) is 4. The first-order valence-electron chi connectivity index (χ1n) is 14.7. The maximum absolute atomic E-state index is 13.5. The van der Waals surface area contributed by atoms with Crippen LogP contribution in [0.15, 0.2) is 73.2 Å². The number of amides is 2. The van der Waals surface area contributed by atoms with Crippen LogP contribution in [0.2, 0.25) is 0 Å². The van der Waals surface area contributed by atoms with Gasteiger partial charge in [0.05, 0.1) is 12.0 Å². The summed E-state index contributed by atoms with van der Waals surface area (Å²) in [6.45, 7) is 11.7. The van der Waals surface area contributed by atoms with Crippen LogP contribution in [0.25, 0.3) is 16.8 Å². The van der Waals surface area contributed by atoms with E-state index in [2.05, 4.69) is 31.6 Å². The standard InChI is InChI=1S/C34H40N6O3/c1-23-14-27(26-10-7-6-8-11-26)17-31(36-23)32(41)37-29-15-25(16-30(18-29)40-19-24(2)35-22-40)20-39-13-9-12-28(21-39)38-33(42)43-34(3,4)5/h6-8,10-11,14-19,22,28H,9,12-13,20-21H2,1-5H3,(H,37,41)(H,38,42)/t28-/m0/s1. The Morgan fingerprint density at radius 2 is 1.79 bits per heavy atom. The highest BCUT2D eigenvalue weighted by Gasteiger charge is 2.24. The number of hydrogen-bond donors (Lipinski definition) is 2. The van der Waals surface area contributed by atoms with Crippen molar-refractivity contribution >= 4 is 17.7 Å². The lowest BCUT2D eigenvalue weighted by Gasteiger charge is -2.33. The maximum atomic E-state index is 13.5. The van der Waals surface area contributed by atoms with Crippen molar-refractivity contribution < 1.29 is 14.3 Å². The molecule has 9 nitrogen and oxygen atoms in total. The van der Waals surface area contributed by atoms with Gasteiger partial charge in [-0.3, -0.25) is 9.69 Å². The number of aromatic nitrogens is 3. The molecule has 224 valence electrons. The van der Waals surface area contributed by atoms with Gasteiger partial charge in [-0.25, -0.2) is 14.8 Å². The minimum atomic E-state index is -0.539. The van der Waals surface area contributed by atoms with E-state index in [0.29, 0.717) is 24.5 Å². The van der Waals surface area contributed by atoms with Crippen molar-refractivity contribution in [1.82, 2.24) is 24.8 Å². The second-order valence-electron chi connectivity index (χ2n) is 12.2. The van der Waals surface area contributed by atoms with Crippen LogP contribution in [0.4, 0.5) is 10.5 Å². The number of carbonyl (C=O) groups is 2. The Bertz CT molecular complexity index is 1590. The van der Waals surface area contributed by atoms with Gasteiger partial charge in [0, 0.05) is 42.4 Å². The molecule has 0 aliphatic carbocycles. The van der Waals surface area contributed by atoms with Crippen molar-refractivity contribution in [2.24, 2.45) is 0 Å². The molecule has 1 fully saturated rings. The first-order valence-corrected chi connectivity index (χ1v) is 14.7. The average Bonchev–Trinajstić information content (AvgIpc) is 3.38. The summed E-state index contributed by atoms with van der Waals surface area (Å²) in [6.07, 6.45) is 5.21. The first kappa shape index (κ1) is 30.0. The number of hydrogen-bond acceptors (Lipinski definition) is 6. The van der Waals surface area contributed by atoms with Crippen LogP contribution in [0.3, 0.4) is 0 Å². The number of carbonyl (C=O) groups excluding carboxylic acids is 2. The van der Waals surface area contributed by atoms with E-state index >= 15 is 0 Å². The molecule has 0 unspecified atom stereocenters. The highest BCUT2D eigenvalue weighted by molar-refractivity contribution is 6.03. The number of alkyl carbamates (subject to hydrolysis) is 1. The molecule has 9 heteroatoms. The second kappa shape index (κ2) is 12.8. The van der Waals surface area contributed by atoms with Crippen molar-refractivity contribution in [2.45, 2.75) is 65.6 Å². The lowest BCUT2D eigenvalue weighted by atomic mass is 10.0. The second-order valence-corrected chi connectivity index (χ2v) is 12.2. The minimum Gasteiger partial charge on any atom is -0.444 e. The molecule has 0 saturated carbocycles. The van der Waals surface area contributed by atoms with Gasteiger partial charge in [0.1, 0.15) is 11.3 Å². The van der Waals surface area contributed by atoms with E-state index in [1.807, 2.05) is 100.0 Å². The Morgan fingerprint density at radius 3 is 2.51 bits per heavy atom. The third-order valence-corrected chi connectivity index (χ3v) is 7.17. The van der Waals surface area contributed by atoms with E-state index in [1.165, 1.54) is 0 Å². The number of benzene rings is 2. The van der Waals surface area contributed by atoms with Crippen molar-refractivity contribution in [3.63, 3.8) is 0 Å². The highest BCUT2D eigenvalue weighted by Crippen LogP contribution is 2.24. The smallest absolute Gasteiger partial charge is 0.407 e. The van der Waals surface area contributed by atoms with E-state index in [4.69, 9.17) is 4.74 Å². The Balaban J connectivity index is 1.36. The zero-order valence-electron chi connectivity index (χ0n) is 25.6. The molecule has 2 aromatic heterocycles. The normalized spacial score (nSPS) is 15.6. The molecule has 43 heavy (non-hydrogen) atoms. The molecule has 0 bridgehead atoms. The summed E-state index contributed by atoms with van der Waals surface area (Å²) in [6, 6.07) is 19.8. The van der Waals surface area contributed by atoms with E-state index in [9.17, 15) is 9.59 Å². The quantitative estimate of drug-likeness (QED) is 0.266. The third kappa shape index (κ3) is 8.29. The Kier molecular flexibility index (Phi) is 8.92. The van der Waals surface area contributed by atoms with Crippen molar-refractivity contribution in [2.75, 3.05) is 18.4 Å². The lowest BCUT2D eigenvalue weighted by molar-refractivity contribution is 0.0470. The molecule has 3 heterocycles. The molecule has 5 rings (SSSR count). The number of pyridine rings is 1. The summed E-state index contributed by atoms with van der Waals surface area (Å²) in [5.74, 6) is -0.273. The Hall–Kier alpha value is -4.50. The molecular formula is C34H40N6O3. The zero-order valence-corrected chi connectivity index (χ0v) is 25.6. The number of imidazole rings is 1. The molecule has 4 aromatic rings. The molecule has 1 saturated heterocycles. The van der Waals surface area contributed by atoms with Crippen LogP contribution in [0, 0.1) is 13.8 Å². The van der Waals surface area contributed by atoms with Gasteiger partial charge in [-0.15, -0.1) is 0 Å². The number of anilines is 1. The Labute approximate surface area is 253 Å². The summed E-state index contributed by atoms with van der Waals surface area (Å²) >= 11 is 0. The van der Waals surface area contributed by atoms with E-state index in [-0.39, 0.29) is 18.0 Å². The van der Waals surface area contributed by atoms with Crippen LogP contribution in [0.5, 0.6) is 0 Å². The fraction of sp³-hybridized carbons (Fsp3) is 0.353. The van der Waals surface area contributed by atoms with Gasteiger partial charge in [0.2, 0.25) is 0 Å². The van der Waals surface area contributed by atoms with Crippen molar-refractivity contribution in [3.05, 3.63) is 95.8 Å². The zero-order chi connectivity index (χ0) is 30.6. The Morgan fingerprint density at radius 1 is 1.00 bits per heavy atom. The fourth-order valence-electron chi connectivity index (χ4n) is 5.38. The number of likely N-dealkylation sites (tertiary alicyclic amines) is 1. The SMILES string of the molecule is Cc1cn(-c2cc(CN3CCC[C@H](NC(=O)OC(C)(C)C)C3)cc(NC(=O)c3cc(-c4ccccc4)cc(C)n3)c2)cn1. The number of nitrogens with one attached hydrogen (secondary N) is 2. The molecule has 0 spiro atoms. The molecule has 2 amide bonds. The molecule has 0 radical (unpaired) electrons. The molecular weight excluding hydrogens is 540 g/mol.